The van der Waals surface area contributed by atoms with Crippen LogP contribution < -0.4 is 15.5 Å². The maximum absolute atomic E-state index is 12.6. The summed E-state index contributed by atoms with van der Waals surface area (Å²) in [6.45, 7) is 8.17. The first-order chi connectivity index (χ1) is 15.4. The number of amides is 2. The second-order valence-electron chi connectivity index (χ2n) is 8.65. The maximum Gasteiger partial charge on any atom is 0.313 e. The largest absolute Gasteiger partial charge is 0.379 e. The van der Waals surface area contributed by atoms with Crippen molar-refractivity contribution in [3.63, 3.8) is 0 Å². The number of nitrogens with one attached hydrogen (secondary N) is 2. The lowest BCUT2D eigenvalue weighted by atomic mass is 10.0. The van der Waals surface area contributed by atoms with Gasteiger partial charge in [0.1, 0.15) is 0 Å². The molecule has 0 aromatic heterocycles. The number of morpholine rings is 1. The van der Waals surface area contributed by atoms with Crippen LogP contribution >= 0.6 is 0 Å². The van der Waals surface area contributed by atoms with Crippen molar-refractivity contribution in [2.24, 2.45) is 0 Å². The fourth-order valence-electron chi connectivity index (χ4n) is 4.59. The second kappa shape index (κ2) is 9.71. The summed E-state index contributed by atoms with van der Waals surface area (Å²) in [5.74, 6) is -1.26. The topological polar surface area (TPSA) is 73.9 Å². The van der Waals surface area contributed by atoms with Crippen molar-refractivity contribution >= 4 is 23.2 Å². The number of aryl methyl sites for hydroxylation is 2. The highest BCUT2D eigenvalue weighted by molar-refractivity contribution is 6.39. The highest BCUT2D eigenvalue weighted by atomic mass is 16.5. The SMILES string of the molecule is Cc1cccc(C)c1NC(=O)C(=O)NC[C@H](c1ccc2c(c1)CCN2C)N1CCOCC1. The summed E-state index contributed by atoms with van der Waals surface area (Å²) in [7, 11) is 2.11. The summed E-state index contributed by atoms with van der Waals surface area (Å²) in [6, 6.07) is 12.3. The number of ether oxygens (including phenoxy) is 1. The number of hydrogen-bond donors (Lipinski definition) is 2. The summed E-state index contributed by atoms with van der Waals surface area (Å²) < 4.78 is 5.53. The van der Waals surface area contributed by atoms with Gasteiger partial charge in [0.05, 0.1) is 19.3 Å². The molecule has 2 aromatic carbocycles. The molecule has 4 rings (SSSR count). The number of benzene rings is 2. The van der Waals surface area contributed by atoms with Crippen LogP contribution in [0.5, 0.6) is 0 Å². The molecule has 0 spiro atoms. The Balaban J connectivity index is 1.47. The van der Waals surface area contributed by atoms with Crippen LogP contribution in [-0.4, -0.2) is 63.2 Å². The molecule has 32 heavy (non-hydrogen) atoms. The minimum absolute atomic E-state index is 0.00736. The van der Waals surface area contributed by atoms with Gasteiger partial charge in [-0.25, -0.2) is 0 Å². The first kappa shape index (κ1) is 22.3. The summed E-state index contributed by atoms with van der Waals surface area (Å²) in [4.78, 5) is 29.8. The molecule has 0 aliphatic carbocycles. The van der Waals surface area contributed by atoms with E-state index in [4.69, 9.17) is 4.74 Å². The Hall–Kier alpha value is -2.90. The molecule has 0 bridgehead atoms. The quantitative estimate of drug-likeness (QED) is 0.705. The molecule has 2 amide bonds. The lowest BCUT2D eigenvalue weighted by Crippen LogP contribution is -2.45. The van der Waals surface area contributed by atoms with Crippen molar-refractivity contribution < 1.29 is 14.3 Å². The highest BCUT2D eigenvalue weighted by Crippen LogP contribution is 2.31. The third-order valence-electron chi connectivity index (χ3n) is 6.48. The molecule has 7 heteroatoms. The zero-order chi connectivity index (χ0) is 22.7. The summed E-state index contributed by atoms with van der Waals surface area (Å²) >= 11 is 0. The zero-order valence-corrected chi connectivity index (χ0v) is 19.1. The predicted molar refractivity (Wildman–Crippen MR) is 126 cm³/mol. The maximum atomic E-state index is 12.6. The molecule has 2 aliphatic rings. The zero-order valence-electron chi connectivity index (χ0n) is 19.1. The molecular formula is C25H32N4O3. The monoisotopic (exact) mass is 436 g/mol. The van der Waals surface area contributed by atoms with Gasteiger partial charge in [0, 0.05) is 44.6 Å². The fraction of sp³-hybridized carbons (Fsp3) is 0.440. The summed E-state index contributed by atoms with van der Waals surface area (Å²) in [6.07, 6.45) is 1.03. The van der Waals surface area contributed by atoms with Gasteiger partial charge < -0.3 is 20.3 Å². The highest BCUT2D eigenvalue weighted by Gasteiger charge is 2.26. The lowest BCUT2D eigenvalue weighted by molar-refractivity contribution is -0.136. The Morgan fingerprint density at radius 3 is 2.47 bits per heavy atom. The van der Waals surface area contributed by atoms with E-state index in [0.717, 1.165) is 42.7 Å². The van der Waals surface area contributed by atoms with E-state index in [1.54, 1.807) is 0 Å². The van der Waals surface area contributed by atoms with E-state index >= 15 is 0 Å². The molecule has 2 aliphatic heterocycles. The van der Waals surface area contributed by atoms with Crippen molar-refractivity contribution in [2.45, 2.75) is 26.3 Å². The number of rotatable bonds is 5. The molecule has 1 fully saturated rings. The smallest absolute Gasteiger partial charge is 0.313 e. The van der Waals surface area contributed by atoms with Crippen LogP contribution in [0.25, 0.3) is 0 Å². The number of anilines is 2. The Labute approximate surface area is 189 Å². The second-order valence-corrected chi connectivity index (χ2v) is 8.65. The Bertz CT molecular complexity index is 980. The van der Waals surface area contributed by atoms with Gasteiger partial charge in [0.25, 0.3) is 0 Å². The molecule has 0 saturated carbocycles. The Morgan fingerprint density at radius 2 is 1.75 bits per heavy atom. The molecule has 2 heterocycles. The average molecular weight is 437 g/mol. The number of para-hydroxylation sites is 1. The van der Waals surface area contributed by atoms with Gasteiger partial charge in [-0.3, -0.25) is 14.5 Å². The van der Waals surface area contributed by atoms with Crippen LogP contribution in [0.2, 0.25) is 0 Å². The van der Waals surface area contributed by atoms with Gasteiger partial charge in [0.2, 0.25) is 0 Å². The summed E-state index contributed by atoms with van der Waals surface area (Å²) in [5, 5.41) is 5.64. The van der Waals surface area contributed by atoms with Crippen molar-refractivity contribution in [1.29, 1.82) is 0 Å². The fourth-order valence-corrected chi connectivity index (χ4v) is 4.59. The molecule has 7 nitrogen and oxygen atoms in total. The van der Waals surface area contributed by atoms with Gasteiger partial charge in [0.15, 0.2) is 0 Å². The Kier molecular flexibility index (Phi) is 6.77. The van der Waals surface area contributed by atoms with E-state index in [1.165, 1.54) is 11.3 Å². The first-order valence-corrected chi connectivity index (χ1v) is 11.2. The number of carbonyl (C=O) groups is 2. The number of carbonyl (C=O) groups excluding carboxylic acids is 2. The minimum atomic E-state index is -0.640. The third kappa shape index (κ3) is 4.79. The van der Waals surface area contributed by atoms with Crippen LogP contribution in [0.15, 0.2) is 36.4 Å². The molecule has 2 aromatic rings. The number of nitrogens with zero attached hydrogens (tertiary/aromatic N) is 2. The van der Waals surface area contributed by atoms with Crippen molar-refractivity contribution in [3.8, 4) is 0 Å². The van der Waals surface area contributed by atoms with E-state index in [0.29, 0.717) is 25.4 Å². The number of likely N-dealkylation sites (N-methyl/N-ethyl adjacent to an activating group) is 1. The van der Waals surface area contributed by atoms with Crippen LogP contribution in [0, 0.1) is 13.8 Å². The molecule has 1 saturated heterocycles. The summed E-state index contributed by atoms with van der Waals surface area (Å²) in [5.41, 5.74) is 6.33. The van der Waals surface area contributed by atoms with Crippen LogP contribution in [-0.2, 0) is 20.7 Å². The molecule has 0 radical (unpaired) electrons. The van der Waals surface area contributed by atoms with Gasteiger partial charge in [-0.05, 0) is 48.6 Å². The van der Waals surface area contributed by atoms with E-state index in [-0.39, 0.29) is 6.04 Å². The number of hydrogen-bond acceptors (Lipinski definition) is 5. The van der Waals surface area contributed by atoms with E-state index in [9.17, 15) is 9.59 Å². The molecular weight excluding hydrogens is 404 g/mol. The van der Waals surface area contributed by atoms with Crippen LogP contribution in [0.4, 0.5) is 11.4 Å². The lowest BCUT2D eigenvalue weighted by Gasteiger charge is -2.35. The van der Waals surface area contributed by atoms with Crippen LogP contribution in [0.3, 0.4) is 0 Å². The average Bonchev–Trinajstić information content (AvgIpc) is 3.17. The van der Waals surface area contributed by atoms with Gasteiger partial charge in [-0.1, -0.05) is 30.3 Å². The number of fused-ring (bicyclic) bond motifs is 1. The van der Waals surface area contributed by atoms with Crippen molar-refractivity contribution in [1.82, 2.24) is 10.2 Å². The molecule has 2 N–H and O–H groups in total. The van der Waals surface area contributed by atoms with Gasteiger partial charge >= 0.3 is 11.8 Å². The van der Waals surface area contributed by atoms with Gasteiger partial charge in [-0.15, -0.1) is 0 Å². The predicted octanol–water partition coefficient (Wildman–Crippen LogP) is 2.42. The molecule has 170 valence electrons. The van der Waals surface area contributed by atoms with E-state index < -0.39 is 11.8 Å². The van der Waals surface area contributed by atoms with E-state index in [1.807, 2.05) is 32.0 Å². The minimum Gasteiger partial charge on any atom is -0.379 e. The Morgan fingerprint density at radius 1 is 1.03 bits per heavy atom. The normalized spacial score (nSPS) is 17.0. The van der Waals surface area contributed by atoms with Crippen LogP contribution in [0.1, 0.15) is 28.3 Å². The first-order valence-electron chi connectivity index (χ1n) is 11.2. The molecule has 1 atom stereocenters. The van der Waals surface area contributed by atoms with Crippen molar-refractivity contribution in [2.75, 3.05) is 56.7 Å². The standard InChI is InChI=1S/C25H32N4O3/c1-17-5-4-6-18(2)23(17)27-25(31)24(30)26-16-22(29-11-13-32-14-12-29)19-7-8-21-20(15-19)9-10-28(21)3/h4-8,15,22H,9-14,16H2,1-3H3,(H,26,30)(H,27,31)/t22-/m1/s1. The molecule has 0 unspecified atom stereocenters. The van der Waals surface area contributed by atoms with E-state index in [2.05, 4.69) is 45.7 Å². The van der Waals surface area contributed by atoms with Gasteiger partial charge in [-0.2, -0.15) is 0 Å². The third-order valence-corrected chi connectivity index (χ3v) is 6.48. The van der Waals surface area contributed by atoms with Crippen molar-refractivity contribution in [3.05, 3.63) is 58.7 Å².